The van der Waals surface area contributed by atoms with Gasteiger partial charge in [0.2, 0.25) is 0 Å². The molecule has 2 aromatic rings. The number of rotatable bonds is 3. The Bertz CT molecular complexity index is 714. The van der Waals surface area contributed by atoms with Crippen LogP contribution in [0.2, 0.25) is 0 Å². The van der Waals surface area contributed by atoms with Crippen molar-refractivity contribution in [2.45, 2.75) is 13.0 Å². The van der Waals surface area contributed by atoms with Crippen LogP contribution in [-0.2, 0) is 13.0 Å². The second-order valence-electron chi connectivity index (χ2n) is 5.81. The predicted octanol–water partition coefficient (Wildman–Crippen LogP) is 2.90. The lowest BCUT2D eigenvalue weighted by molar-refractivity contribution is 0.855. The number of hydrogen-bond acceptors (Lipinski definition) is 3. The van der Waals surface area contributed by atoms with E-state index in [4.69, 9.17) is 0 Å². The van der Waals surface area contributed by atoms with Crippen molar-refractivity contribution in [1.82, 2.24) is 10.3 Å². The highest BCUT2D eigenvalue weighted by atomic mass is 127. The Morgan fingerprint density at radius 3 is 2.79 bits per heavy atom. The summed E-state index contributed by atoms with van der Waals surface area (Å²) < 4.78 is 0. The first-order chi connectivity index (χ1) is 11.2. The van der Waals surface area contributed by atoms with Crippen molar-refractivity contribution in [3.8, 4) is 0 Å². The Morgan fingerprint density at radius 2 is 2.04 bits per heavy atom. The molecular weight excluding hydrogens is 413 g/mol. The summed E-state index contributed by atoms with van der Waals surface area (Å²) >= 11 is 0. The number of para-hydroxylation sites is 1. The first kappa shape index (κ1) is 18.5. The van der Waals surface area contributed by atoms with E-state index in [1.807, 2.05) is 38.3 Å². The molecular formula is C18H24IN5. The number of anilines is 2. The Kier molecular flexibility index (Phi) is 6.42. The molecule has 1 aliphatic heterocycles. The molecule has 0 atom stereocenters. The van der Waals surface area contributed by atoms with Crippen LogP contribution >= 0.6 is 24.0 Å². The lowest BCUT2D eigenvalue weighted by Crippen LogP contribution is -2.40. The van der Waals surface area contributed by atoms with Crippen molar-refractivity contribution in [3.05, 3.63) is 53.7 Å². The van der Waals surface area contributed by atoms with E-state index in [2.05, 4.69) is 50.5 Å². The maximum atomic E-state index is 4.46. The van der Waals surface area contributed by atoms with Crippen molar-refractivity contribution in [2.75, 3.05) is 37.5 Å². The van der Waals surface area contributed by atoms with Gasteiger partial charge >= 0.3 is 0 Å². The first-order valence-electron chi connectivity index (χ1n) is 7.88. The summed E-state index contributed by atoms with van der Waals surface area (Å²) in [5, 5.41) is 3.47. The van der Waals surface area contributed by atoms with E-state index in [0.29, 0.717) is 6.54 Å². The number of hydrogen-bond donors (Lipinski definition) is 1. The quantitative estimate of drug-likeness (QED) is 0.456. The molecule has 5 nitrogen and oxygen atoms in total. The zero-order valence-corrected chi connectivity index (χ0v) is 16.7. The number of benzene rings is 1. The van der Waals surface area contributed by atoms with Crippen LogP contribution in [0.25, 0.3) is 0 Å². The van der Waals surface area contributed by atoms with Crippen LogP contribution < -0.4 is 15.1 Å². The normalized spacial score (nSPS) is 13.3. The Balaban J connectivity index is 0.00000208. The van der Waals surface area contributed by atoms with Crippen molar-refractivity contribution < 1.29 is 0 Å². The summed E-state index contributed by atoms with van der Waals surface area (Å²) in [6.45, 7) is 1.67. The fraction of sp³-hybridized carbons (Fsp3) is 0.333. The van der Waals surface area contributed by atoms with E-state index in [9.17, 15) is 0 Å². The van der Waals surface area contributed by atoms with Gasteiger partial charge in [-0.3, -0.25) is 4.99 Å². The molecule has 1 aromatic heterocycles. The summed E-state index contributed by atoms with van der Waals surface area (Å²) in [5.74, 6) is 1.89. The molecule has 0 radical (unpaired) electrons. The number of nitrogens with zero attached hydrogens (tertiary/aromatic N) is 4. The zero-order valence-electron chi connectivity index (χ0n) is 14.4. The van der Waals surface area contributed by atoms with E-state index in [1.165, 1.54) is 11.3 Å². The summed E-state index contributed by atoms with van der Waals surface area (Å²) in [5.41, 5.74) is 3.79. The van der Waals surface area contributed by atoms with Crippen molar-refractivity contribution in [1.29, 1.82) is 0 Å². The number of aliphatic imine (C=N–C) groups is 1. The second kappa shape index (κ2) is 8.32. The van der Waals surface area contributed by atoms with Crippen LogP contribution in [0, 0.1) is 0 Å². The average molecular weight is 437 g/mol. The van der Waals surface area contributed by atoms with Gasteiger partial charge < -0.3 is 15.1 Å². The van der Waals surface area contributed by atoms with Crippen LogP contribution in [0.3, 0.4) is 0 Å². The molecule has 0 amide bonds. The van der Waals surface area contributed by atoms with Crippen LogP contribution in [0.1, 0.15) is 11.1 Å². The van der Waals surface area contributed by atoms with E-state index >= 15 is 0 Å². The minimum atomic E-state index is 0. The van der Waals surface area contributed by atoms with Crippen molar-refractivity contribution in [2.24, 2.45) is 4.99 Å². The summed E-state index contributed by atoms with van der Waals surface area (Å²) in [6, 6.07) is 12.6. The highest BCUT2D eigenvalue weighted by Crippen LogP contribution is 2.27. The third kappa shape index (κ3) is 3.80. The van der Waals surface area contributed by atoms with Gasteiger partial charge in [-0.2, -0.15) is 0 Å². The maximum Gasteiger partial charge on any atom is 0.198 e. The maximum absolute atomic E-state index is 4.46. The number of fused-ring (bicyclic) bond motifs is 1. The molecule has 0 aliphatic carbocycles. The van der Waals surface area contributed by atoms with Crippen LogP contribution in [0.15, 0.2) is 47.6 Å². The van der Waals surface area contributed by atoms with Gasteiger partial charge in [-0.15, -0.1) is 24.0 Å². The van der Waals surface area contributed by atoms with Gasteiger partial charge in [-0.25, -0.2) is 4.98 Å². The molecule has 0 saturated heterocycles. The van der Waals surface area contributed by atoms with Crippen molar-refractivity contribution in [3.63, 3.8) is 0 Å². The zero-order chi connectivity index (χ0) is 16.2. The molecule has 0 bridgehead atoms. The highest BCUT2D eigenvalue weighted by molar-refractivity contribution is 14.0. The molecule has 0 spiro atoms. The summed E-state index contributed by atoms with van der Waals surface area (Å²) in [7, 11) is 5.86. The molecule has 2 heterocycles. The molecule has 1 aromatic carbocycles. The SMILES string of the molecule is CN=C(NCc1cccnc1N(C)C)N1CCc2ccccc21.I. The van der Waals surface area contributed by atoms with Crippen molar-refractivity contribution >= 4 is 41.4 Å². The number of nitrogens with one attached hydrogen (secondary N) is 1. The average Bonchev–Trinajstić information content (AvgIpc) is 3.00. The topological polar surface area (TPSA) is 43.8 Å². The molecule has 1 aliphatic rings. The van der Waals surface area contributed by atoms with Gasteiger partial charge in [-0.1, -0.05) is 24.3 Å². The van der Waals surface area contributed by atoms with Gasteiger partial charge in [0.25, 0.3) is 0 Å². The second-order valence-corrected chi connectivity index (χ2v) is 5.81. The Hall–Kier alpha value is -1.83. The standard InChI is InChI=1S/C18H23N5.HI/c1-19-18(23-12-10-14-7-4-5-9-16(14)23)21-13-15-8-6-11-20-17(15)22(2)3;/h4-9,11H,10,12-13H2,1-3H3,(H,19,21);1H. The molecule has 24 heavy (non-hydrogen) atoms. The van der Waals surface area contributed by atoms with E-state index < -0.39 is 0 Å². The summed E-state index contributed by atoms with van der Waals surface area (Å²) in [4.78, 5) is 13.2. The van der Waals surface area contributed by atoms with Gasteiger partial charge in [0.05, 0.1) is 0 Å². The van der Waals surface area contributed by atoms with Gasteiger partial charge in [-0.05, 0) is 24.1 Å². The Labute approximate surface area is 160 Å². The minimum Gasteiger partial charge on any atom is -0.362 e. The fourth-order valence-corrected chi connectivity index (χ4v) is 3.00. The van der Waals surface area contributed by atoms with Crippen LogP contribution in [0.4, 0.5) is 11.5 Å². The lowest BCUT2D eigenvalue weighted by Gasteiger charge is -2.23. The molecule has 0 unspecified atom stereocenters. The molecule has 1 N–H and O–H groups in total. The van der Waals surface area contributed by atoms with E-state index in [0.717, 1.165) is 30.3 Å². The molecule has 0 fully saturated rings. The Morgan fingerprint density at radius 1 is 1.25 bits per heavy atom. The third-order valence-electron chi connectivity index (χ3n) is 4.08. The monoisotopic (exact) mass is 437 g/mol. The molecule has 128 valence electrons. The number of aromatic nitrogens is 1. The molecule has 3 rings (SSSR count). The van der Waals surface area contributed by atoms with Crippen LogP contribution in [0.5, 0.6) is 0 Å². The highest BCUT2D eigenvalue weighted by Gasteiger charge is 2.22. The largest absolute Gasteiger partial charge is 0.362 e. The van der Waals surface area contributed by atoms with Gasteiger partial charge in [0, 0.05) is 51.7 Å². The fourth-order valence-electron chi connectivity index (χ4n) is 3.00. The molecule has 6 heteroatoms. The third-order valence-corrected chi connectivity index (χ3v) is 4.08. The van der Waals surface area contributed by atoms with Crippen LogP contribution in [-0.4, -0.2) is 38.6 Å². The number of halogens is 1. The van der Waals surface area contributed by atoms with E-state index in [1.54, 1.807) is 0 Å². The number of pyridine rings is 1. The lowest BCUT2D eigenvalue weighted by atomic mass is 10.2. The summed E-state index contributed by atoms with van der Waals surface area (Å²) in [6.07, 6.45) is 2.89. The smallest absolute Gasteiger partial charge is 0.198 e. The molecule has 0 saturated carbocycles. The number of guanidine groups is 1. The van der Waals surface area contributed by atoms with Gasteiger partial charge in [0.15, 0.2) is 5.96 Å². The minimum absolute atomic E-state index is 0. The predicted molar refractivity (Wildman–Crippen MR) is 112 cm³/mol. The van der Waals surface area contributed by atoms with Gasteiger partial charge in [0.1, 0.15) is 5.82 Å². The first-order valence-corrected chi connectivity index (χ1v) is 7.88. The van der Waals surface area contributed by atoms with E-state index in [-0.39, 0.29) is 24.0 Å².